The Morgan fingerprint density at radius 2 is 1.82 bits per heavy atom. The molecule has 0 radical (unpaired) electrons. The SMILES string of the molecule is Cc1ccc(C(=O)NNC(=O)COc2ccccc2)cc1I. The number of halogens is 1. The molecular weight excluding hydrogens is 395 g/mol. The summed E-state index contributed by atoms with van der Waals surface area (Å²) in [5, 5.41) is 0. The summed E-state index contributed by atoms with van der Waals surface area (Å²) in [5.41, 5.74) is 6.26. The summed E-state index contributed by atoms with van der Waals surface area (Å²) in [4.78, 5) is 23.5. The highest BCUT2D eigenvalue weighted by molar-refractivity contribution is 14.1. The molecule has 114 valence electrons. The maximum atomic E-state index is 11.9. The molecule has 0 atom stereocenters. The lowest BCUT2D eigenvalue weighted by Gasteiger charge is -2.09. The van der Waals surface area contributed by atoms with Gasteiger partial charge in [0.15, 0.2) is 6.61 Å². The topological polar surface area (TPSA) is 67.4 Å². The van der Waals surface area contributed by atoms with E-state index in [0.29, 0.717) is 11.3 Å². The fourth-order valence-corrected chi connectivity index (χ4v) is 2.15. The Balaban J connectivity index is 1.80. The lowest BCUT2D eigenvalue weighted by Crippen LogP contribution is -2.43. The highest BCUT2D eigenvalue weighted by atomic mass is 127. The van der Waals surface area contributed by atoms with Crippen LogP contribution in [0.1, 0.15) is 15.9 Å². The highest BCUT2D eigenvalue weighted by Crippen LogP contribution is 2.13. The van der Waals surface area contributed by atoms with Gasteiger partial charge in [-0.2, -0.15) is 0 Å². The second kappa shape index (κ2) is 7.79. The summed E-state index contributed by atoms with van der Waals surface area (Å²) < 4.78 is 6.27. The molecule has 0 saturated heterocycles. The Morgan fingerprint density at radius 3 is 2.50 bits per heavy atom. The predicted molar refractivity (Wildman–Crippen MR) is 91.4 cm³/mol. The number of ether oxygens (including phenoxy) is 1. The molecule has 0 bridgehead atoms. The second-order valence-electron chi connectivity index (χ2n) is 4.57. The summed E-state index contributed by atoms with van der Waals surface area (Å²) in [6, 6.07) is 14.3. The molecule has 0 saturated carbocycles. The van der Waals surface area contributed by atoms with Gasteiger partial charge in [0.1, 0.15) is 5.75 Å². The zero-order chi connectivity index (χ0) is 15.9. The van der Waals surface area contributed by atoms with Crippen LogP contribution >= 0.6 is 22.6 Å². The van der Waals surface area contributed by atoms with Crippen molar-refractivity contribution in [3.05, 3.63) is 63.2 Å². The van der Waals surface area contributed by atoms with Crippen molar-refractivity contribution in [2.75, 3.05) is 6.61 Å². The van der Waals surface area contributed by atoms with E-state index in [1.807, 2.05) is 31.2 Å². The number of hydrogen-bond acceptors (Lipinski definition) is 3. The molecule has 2 aromatic carbocycles. The van der Waals surface area contributed by atoms with E-state index in [2.05, 4.69) is 33.4 Å². The van der Waals surface area contributed by atoms with Crippen molar-refractivity contribution in [1.82, 2.24) is 10.9 Å². The fourth-order valence-electron chi connectivity index (χ4n) is 1.63. The Morgan fingerprint density at radius 1 is 1.09 bits per heavy atom. The lowest BCUT2D eigenvalue weighted by atomic mass is 10.1. The van der Waals surface area contributed by atoms with E-state index in [-0.39, 0.29) is 12.5 Å². The van der Waals surface area contributed by atoms with Crippen LogP contribution in [0.5, 0.6) is 5.75 Å². The van der Waals surface area contributed by atoms with Crippen LogP contribution in [0.2, 0.25) is 0 Å². The maximum absolute atomic E-state index is 11.9. The van der Waals surface area contributed by atoms with Gasteiger partial charge in [-0.05, 0) is 59.3 Å². The van der Waals surface area contributed by atoms with E-state index in [9.17, 15) is 9.59 Å². The normalized spacial score (nSPS) is 9.91. The summed E-state index contributed by atoms with van der Waals surface area (Å²) in [5.74, 6) is -0.206. The molecule has 2 amide bonds. The van der Waals surface area contributed by atoms with Crippen LogP contribution in [0.15, 0.2) is 48.5 Å². The Labute approximate surface area is 142 Å². The van der Waals surface area contributed by atoms with Crippen molar-refractivity contribution in [3.8, 4) is 5.75 Å². The standard InChI is InChI=1S/C16H15IN2O3/c1-11-7-8-12(9-14(11)17)16(21)19-18-15(20)10-22-13-5-3-2-4-6-13/h2-9H,10H2,1H3,(H,18,20)(H,19,21). The Bertz CT molecular complexity index is 674. The van der Waals surface area contributed by atoms with Gasteiger partial charge in [-0.1, -0.05) is 24.3 Å². The van der Waals surface area contributed by atoms with Gasteiger partial charge in [-0.3, -0.25) is 20.4 Å². The molecule has 5 nitrogen and oxygen atoms in total. The number of nitrogens with one attached hydrogen (secondary N) is 2. The first-order valence-corrected chi connectivity index (χ1v) is 7.67. The average Bonchev–Trinajstić information content (AvgIpc) is 2.54. The molecule has 6 heteroatoms. The highest BCUT2D eigenvalue weighted by Gasteiger charge is 2.09. The van der Waals surface area contributed by atoms with Crippen molar-refractivity contribution < 1.29 is 14.3 Å². The van der Waals surface area contributed by atoms with Gasteiger partial charge in [0, 0.05) is 9.13 Å². The monoisotopic (exact) mass is 410 g/mol. The van der Waals surface area contributed by atoms with Crippen LogP contribution in [-0.2, 0) is 4.79 Å². The zero-order valence-electron chi connectivity index (χ0n) is 11.9. The van der Waals surface area contributed by atoms with Crippen molar-refractivity contribution in [2.24, 2.45) is 0 Å². The van der Waals surface area contributed by atoms with Crippen LogP contribution < -0.4 is 15.6 Å². The van der Waals surface area contributed by atoms with Gasteiger partial charge < -0.3 is 4.74 Å². The van der Waals surface area contributed by atoms with Gasteiger partial charge in [-0.15, -0.1) is 0 Å². The smallest absolute Gasteiger partial charge is 0.276 e. The number of carbonyl (C=O) groups is 2. The third kappa shape index (κ3) is 4.73. The lowest BCUT2D eigenvalue weighted by molar-refractivity contribution is -0.123. The first-order chi connectivity index (χ1) is 10.6. The van der Waals surface area contributed by atoms with E-state index in [1.165, 1.54) is 0 Å². The third-order valence-corrected chi connectivity index (χ3v) is 4.02. The van der Waals surface area contributed by atoms with Crippen LogP contribution in [-0.4, -0.2) is 18.4 Å². The van der Waals surface area contributed by atoms with Gasteiger partial charge in [0.05, 0.1) is 0 Å². The zero-order valence-corrected chi connectivity index (χ0v) is 14.1. The summed E-state index contributed by atoms with van der Waals surface area (Å²) in [7, 11) is 0. The molecule has 0 unspecified atom stereocenters. The number of rotatable bonds is 4. The second-order valence-corrected chi connectivity index (χ2v) is 5.73. The predicted octanol–water partition coefficient (Wildman–Crippen LogP) is 2.44. The molecule has 0 aliphatic rings. The molecule has 0 fully saturated rings. The van der Waals surface area contributed by atoms with Crippen molar-refractivity contribution in [1.29, 1.82) is 0 Å². The summed E-state index contributed by atoms with van der Waals surface area (Å²) in [6.45, 7) is 1.79. The van der Waals surface area contributed by atoms with Crippen LogP contribution in [0, 0.1) is 10.5 Å². The molecule has 2 N–H and O–H groups in total. The van der Waals surface area contributed by atoms with Crippen LogP contribution in [0.25, 0.3) is 0 Å². The minimum Gasteiger partial charge on any atom is -0.484 e. The number of hydrazine groups is 1. The Hall–Kier alpha value is -2.09. The van der Waals surface area contributed by atoms with E-state index in [0.717, 1.165) is 9.13 Å². The minimum absolute atomic E-state index is 0.171. The average molecular weight is 410 g/mol. The van der Waals surface area contributed by atoms with Gasteiger partial charge in [0.25, 0.3) is 11.8 Å². The third-order valence-electron chi connectivity index (χ3n) is 2.86. The maximum Gasteiger partial charge on any atom is 0.276 e. The molecule has 0 heterocycles. The van der Waals surface area contributed by atoms with Crippen molar-refractivity contribution >= 4 is 34.4 Å². The Kier molecular flexibility index (Phi) is 5.76. The number of aryl methyl sites for hydroxylation is 1. The number of para-hydroxylation sites is 1. The first kappa shape index (κ1) is 16.3. The van der Waals surface area contributed by atoms with E-state index >= 15 is 0 Å². The molecule has 0 aromatic heterocycles. The molecule has 22 heavy (non-hydrogen) atoms. The van der Waals surface area contributed by atoms with Crippen molar-refractivity contribution in [3.63, 3.8) is 0 Å². The van der Waals surface area contributed by atoms with E-state index in [1.54, 1.807) is 24.3 Å². The summed E-state index contributed by atoms with van der Waals surface area (Å²) >= 11 is 2.16. The van der Waals surface area contributed by atoms with Gasteiger partial charge >= 0.3 is 0 Å². The quantitative estimate of drug-likeness (QED) is 0.601. The molecular formula is C16H15IN2O3. The largest absolute Gasteiger partial charge is 0.484 e. The van der Waals surface area contributed by atoms with E-state index < -0.39 is 5.91 Å². The van der Waals surface area contributed by atoms with Crippen molar-refractivity contribution in [2.45, 2.75) is 6.92 Å². The van der Waals surface area contributed by atoms with Gasteiger partial charge in [0.2, 0.25) is 0 Å². The van der Waals surface area contributed by atoms with Crippen LogP contribution in [0.3, 0.4) is 0 Å². The van der Waals surface area contributed by atoms with Gasteiger partial charge in [-0.25, -0.2) is 0 Å². The van der Waals surface area contributed by atoms with Crippen LogP contribution in [0.4, 0.5) is 0 Å². The molecule has 2 aromatic rings. The number of hydrogen-bond donors (Lipinski definition) is 2. The molecule has 0 aliphatic heterocycles. The molecule has 0 spiro atoms. The fraction of sp³-hybridized carbons (Fsp3) is 0.125. The number of amides is 2. The molecule has 0 aliphatic carbocycles. The van der Waals surface area contributed by atoms with E-state index in [4.69, 9.17) is 4.74 Å². The summed E-state index contributed by atoms with van der Waals surface area (Å²) in [6.07, 6.45) is 0. The number of carbonyl (C=O) groups excluding carboxylic acids is 2. The minimum atomic E-state index is -0.431. The molecule has 2 rings (SSSR count). The first-order valence-electron chi connectivity index (χ1n) is 6.59. The number of benzene rings is 2.